The van der Waals surface area contributed by atoms with Crippen molar-refractivity contribution >= 4 is 0 Å². The smallest absolute Gasteiger partial charge is 0.276 e. The van der Waals surface area contributed by atoms with Crippen LogP contribution in [0.15, 0.2) is 24.3 Å². The van der Waals surface area contributed by atoms with Crippen LogP contribution in [0, 0.1) is 17.0 Å². The largest absolute Gasteiger partial charge is 0.299 e. The molecule has 4 nitrogen and oxygen atoms in total. The molecule has 0 heterocycles. The Morgan fingerprint density at radius 1 is 1.55 bits per heavy atom. The molecule has 1 rings (SSSR count). The molecule has 0 N–H and O–H groups in total. The molecule has 0 aliphatic rings. The second-order valence-corrected chi connectivity index (χ2v) is 2.13. The van der Waals surface area contributed by atoms with Crippen molar-refractivity contribution in [3.05, 3.63) is 39.9 Å². The molecule has 0 aliphatic heterocycles. The maximum atomic E-state index is 9.86. The van der Waals surface area contributed by atoms with Gasteiger partial charge in [-0.2, -0.15) is 0 Å². The van der Waals surface area contributed by atoms with Gasteiger partial charge in [0.05, 0.1) is 0 Å². The molecule has 0 fully saturated rings. The molecule has 1 aromatic rings. The Kier molecular flexibility index (Phi) is 2.06. The molecule has 0 saturated heterocycles. The van der Waals surface area contributed by atoms with E-state index < -0.39 is 5.09 Å². The zero-order valence-corrected chi connectivity index (χ0v) is 5.98. The first-order chi connectivity index (χ1) is 5.18. The molecule has 0 radical (unpaired) electrons. The molecule has 0 atom stereocenters. The second kappa shape index (κ2) is 3.01. The molecular formula is C7H7NO3. The van der Waals surface area contributed by atoms with E-state index in [0.717, 1.165) is 5.56 Å². The van der Waals surface area contributed by atoms with Crippen molar-refractivity contribution in [1.29, 1.82) is 0 Å². The lowest BCUT2D eigenvalue weighted by molar-refractivity contribution is -0.711. The minimum Gasteiger partial charge on any atom is -0.276 e. The van der Waals surface area contributed by atoms with E-state index in [2.05, 4.69) is 4.84 Å². The van der Waals surface area contributed by atoms with Gasteiger partial charge in [-0.25, -0.2) is 0 Å². The Hall–Kier alpha value is -1.58. The first-order valence-corrected chi connectivity index (χ1v) is 3.07. The van der Waals surface area contributed by atoms with E-state index in [4.69, 9.17) is 0 Å². The lowest BCUT2D eigenvalue weighted by Crippen LogP contribution is -2.03. The van der Waals surface area contributed by atoms with Gasteiger partial charge in [0.25, 0.3) is 5.09 Å². The fourth-order valence-electron chi connectivity index (χ4n) is 0.758. The first-order valence-electron chi connectivity index (χ1n) is 3.07. The molecule has 11 heavy (non-hydrogen) atoms. The molecule has 0 amide bonds. The molecule has 58 valence electrons. The molecule has 1 aromatic carbocycles. The van der Waals surface area contributed by atoms with Gasteiger partial charge in [-0.15, -0.1) is 10.1 Å². The number of aryl methyl sites for hydroxylation is 1. The summed E-state index contributed by atoms with van der Waals surface area (Å²) >= 11 is 0. The number of hydrogen-bond donors (Lipinski definition) is 0. The highest BCUT2D eigenvalue weighted by molar-refractivity contribution is 5.26. The van der Waals surface area contributed by atoms with Crippen LogP contribution in [0.3, 0.4) is 0 Å². The lowest BCUT2D eigenvalue weighted by Gasteiger charge is -1.97. The zero-order chi connectivity index (χ0) is 8.27. The average Bonchev–Trinajstić information content (AvgIpc) is 1.85. The van der Waals surface area contributed by atoms with Crippen LogP contribution in [0.1, 0.15) is 5.56 Å². The van der Waals surface area contributed by atoms with E-state index in [1.54, 1.807) is 12.1 Å². The van der Waals surface area contributed by atoms with Gasteiger partial charge in [0.2, 0.25) is 0 Å². The van der Waals surface area contributed by atoms with Crippen LogP contribution in [0.5, 0.6) is 5.75 Å². The second-order valence-electron chi connectivity index (χ2n) is 2.13. The summed E-state index contributed by atoms with van der Waals surface area (Å²) < 4.78 is 0. The van der Waals surface area contributed by atoms with Crippen molar-refractivity contribution in [3.63, 3.8) is 0 Å². The van der Waals surface area contributed by atoms with Crippen LogP contribution >= 0.6 is 0 Å². The number of nitrogens with zero attached hydrogens (tertiary/aromatic N) is 1. The third kappa shape index (κ3) is 2.25. The summed E-state index contributed by atoms with van der Waals surface area (Å²) in [5.74, 6) is 0.259. The van der Waals surface area contributed by atoms with E-state index in [9.17, 15) is 10.1 Å². The van der Waals surface area contributed by atoms with Gasteiger partial charge in [-0.3, -0.25) is 4.84 Å². The lowest BCUT2D eigenvalue weighted by atomic mass is 10.2. The quantitative estimate of drug-likeness (QED) is 0.478. The van der Waals surface area contributed by atoms with Crippen molar-refractivity contribution in [2.75, 3.05) is 0 Å². The predicted octanol–water partition coefficient (Wildman–Crippen LogP) is 1.57. The summed E-state index contributed by atoms with van der Waals surface area (Å²) in [6.07, 6.45) is 0. The van der Waals surface area contributed by atoms with E-state index >= 15 is 0 Å². The van der Waals surface area contributed by atoms with Crippen LogP contribution < -0.4 is 4.84 Å². The number of hydrogen-bond acceptors (Lipinski definition) is 3. The summed E-state index contributed by atoms with van der Waals surface area (Å²) in [7, 11) is 0. The fraction of sp³-hybridized carbons (Fsp3) is 0.143. The van der Waals surface area contributed by atoms with Crippen molar-refractivity contribution in [2.45, 2.75) is 6.92 Å². The SMILES string of the molecule is Cc1cccc(O[N+](=O)[O-])c1. The topological polar surface area (TPSA) is 52.4 Å². The van der Waals surface area contributed by atoms with Crippen molar-refractivity contribution in [1.82, 2.24) is 0 Å². The fourth-order valence-corrected chi connectivity index (χ4v) is 0.758. The third-order valence-corrected chi connectivity index (χ3v) is 1.17. The summed E-state index contributed by atoms with van der Waals surface area (Å²) in [5.41, 5.74) is 0.935. The van der Waals surface area contributed by atoms with Gasteiger partial charge in [0, 0.05) is 0 Å². The Morgan fingerprint density at radius 3 is 2.82 bits per heavy atom. The van der Waals surface area contributed by atoms with Gasteiger partial charge in [0.15, 0.2) is 0 Å². The van der Waals surface area contributed by atoms with Gasteiger partial charge in [0.1, 0.15) is 5.75 Å². The highest BCUT2D eigenvalue weighted by Gasteiger charge is 1.97. The number of rotatable bonds is 2. The Morgan fingerprint density at radius 2 is 2.27 bits per heavy atom. The molecule has 0 bridgehead atoms. The zero-order valence-electron chi connectivity index (χ0n) is 5.98. The predicted molar refractivity (Wildman–Crippen MR) is 38.8 cm³/mol. The van der Waals surface area contributed by atoms with Gasteiger partial charge < -0.3 is 0 Å². The molecule has 0 spiro atoms. The van der Waals surface area contributed by atoms with E-state index in [1.165, 1.54) is 6.07 Å². The van der Waals surface area contributed by atoms with Crippen LogP contribution in [0.25, 0.3) is 0 Å². The highest BCUT2D eigenvalue weighted by atomic mass is 17.0. The van der Waals surface area contributed by atoms with Gasteiger partial charge >= 0.3 is 0 Å². The molecular weight excluding hydrogens is 146 g/mol. The maximum absolute atomic E-state index is 9.86. The van der Waals surface area contributed by atoms with Crippen molar-refractivity contribution < 1.29 is 9.92 Å². The molecule has 4 heteroatoms. The Balaban J connectivity index is 2.79. The average molecular weight is 153 g/mol. The van der Waals surface area contributed by atoms with Crippen LogP contribution in [-0.4, -0.2) is 5.09 Å². The summed E-state index contributed by atoms with van der Waals surface area (Å²) in [4.78, 5) is 14.1. The standard InChI is InChI=1S/C7H7NO3/c1-6-3-2-4-7(5-6)11-8(9)10/h2-5H,1H3. The van der Waals surface area contributed by atoms with Gasteiger partial charge in [-0.1, -0.05) is 12.1 Å². The van der Waals surface area contributed by atoms with Crippen LogP contribution in [-0.2, 0) is 0 Å². The highest BCUT2D eigenvalue weighted by Crippen LogP contribution is 2.11. The van der Waals surface area contributed by atoms with Crippen molar-refractivity contribution in [2.24, 2.45) is 0 Å². The monoisotopic (exact) mass is 153 g/mol. The summed E-state index contributed by atoms with van der Waals surface area (Å²) in [6, 6.07) is 6.68. The van der Waals surface area contributed by atoms with E-state index in [-0.39, 0.29) is 5.75 Å². The Labute approximate surface area is 63.5 Å². The van der Waals surface area contributed by atoms with E-state index in [0.29, 0.717) is 0 Å². The summed E-state index contributed by atoms with van der Waals surface area (Å²) in [6.45, 7) is 1.84. The van der Waals surface area contributed by atoms with Crippen LogP contribution in [0.4, 0.5) is 0 Å². The minimum atomic E-state index is -0.825. The molecule has 0 aromatic heterocycles. The first kappa shape index (κ1) is 7.53. The summed E-state index contributed by atoms with van der Waals surface area (Å²) in [5, 5.41) is 9.04. The Bertz CT molecular complexity index is 272. The molecule has 0 saturated carbocycles. The number of benzene rings is 1. The minimum absolute atomic E-state index is 0.259. The molecule has 0 unspecified atom stereocenters. The van der Waals surface area contributed by atoms with E-state index in [1.807, 2.05) is 13.0 Å². The normalized spacial score (nSPS) is 9.18. The van der Waals surface area contributed by atoms with Crippen molar-refractivity contribution in [3.8, 4) is 5.75 Å². The maximum Gasteiger partial charge on any atom is 0.299 e. The van der Waals surface area contributed by atoms with Crippen LogP contribution in [0.2, 0.25) is 0 Å². The molecule has 0 aliphatic carbocycles. The van der Waals surface area contributed by atoms with Gasteiger partial charge in [-0.05, 0) is 24.6 Å². The third-order valence-electron chi connectivity index (χ3n) is 1.17.